The lowest BCUT2D eigenvalue weighted by Gasteiger charge is -2.35. The molecule has 1 aromatic carbocycles. The number of thiazole rings is 1. The highest BCUT2D eigenvalue weighted by Crippen LogP contribution is 2.31. The van der Waals surface area contributed by atoms with Crippen LogP contribution in [0.5, 0.6) is 0 Å². The normalized spacial score (nSPS) is 14.2. The number of carbonyl (C=O) groups is 3. The molecule has 214 valence electrons. The van der Waals surface area contributed by atoms with E-state index in [9.17, 15) is 14.4 Å². The molecule has 4 rings (SSSR count). The number of piperazine rings is 1. The van der Waals surface area contributed by atoms with Gasteiger partial charge in [-0.25, -0.2) is 14.6 Å². The van der Waals surface area contributed by atoms with E-state index in [-0.39, 0.29) is 18.3 Å². The van der Waals surface area contributed by atoms with Gasteiger partial charge in [-0.15, -0.1) is 11.3 Å². The Balaban J connectivity index is 1.45. The summed E-state index contributed by atoms with van der Waals surface area (Å²) in [6, 6.07) is 9.65. The van der Waals surface area contributed by atoms with Crippen LogP contribution in [0.25, 0.3) is 10.4 Å². The number of ketones is 1. The third kappa shape index (κ3) is 8.04. The number of nitrogens with zero attached hydrogens (tertiary/aromatic N) is 3. The van der Waals surface area contributed by atoms with Gasteiger partial charge in [0.1, 0.15) is 16.2 Å². The molecule has 0 unspecified atom stereocenters. The van der Waals surface area contributed by atoms with Crippen molar-refractivity contribution in [2.24, 2.45) is 0 Å². The van der Waals surface area contributed by atoms with Gasteiger partial charge in [0, 0.05) is 43.2 Å². The molecule has 0 spiro atoms. The van der Waals surface area contributed by atoms with Gasteiger partial charge in [-0.1, -0.05) is 23.5 Å². The minimum absolute atomic E-state index is 0.0731. The quantitative estimate of drug-likeness (QED) is 0.322. The molecule has 3 aromatic rings. The molecule has 1 fully saturated rings. The van der Waals surface area contributed by atoms with Crippen molar-refractivity contribution >= 4 is 51.3 Å². The van der Waals surface area contributed by atoms with Gasteiger partial charge in [-0.3, -0.25) is 10.1 Å². The molecule has 2 aromatic heterocycles. The predicted octanol–water partition coefficient (Wildman–Crippen LogP) is 6.70. The van der Waals surface area contributed by atoms with E-state index in [0.717, 1.165) is 15.4 Å². The van der Waals surface area contributed by atoms with Crippen LogP contribution in [0.15, 0.2) is 41.9 Å². The second-order valence-electron chi connectivity index (χ2n) is 11.5. The van der Waals surface area contributed by atoms with E-state index < -0.39 is 17.3 Å². The molecular weight excluding hydrogens is 548 g/mol. The third-order valence-corrected chi connectivity index (χ3v) is 7.89. The first-order chi connectivity index (χ1) is 18.8. The van der Waals surface area contributed by atoms with E-state index in [0.29, 0.717) is 42.4 Å². The molecule has 1 N–H and O–H groups in total. The maximum Gasteiger partial charge on any atom is 0.412 e. The van der Waals surface area contributed by atoms with Crippen molar-refractivity contribution in [2.45, 2.75) is 59.2 Å². The highest BCUT2D eigenvalue weighted by atomic mass is 32.1. The number of hydrogen-bond donors (Lipinski definition) is 1. The van der Waals surface area contributed by atoms with E-state index >= 15 is 0 Å². The summed E-state index contributed by atoms with van der Waals surface area (Å²) >= 11 is 2.94. The van der Waals surface area contributed by atoms with Crippen molar-refractivity contribution in [3.05, 3.63) is 52.5 Å². The van der Waals surface area contributed by atoms with Gasteiger partial charge in [0.05, 0.1) is 6.20 Å². The van der Waals surface area contributed by atoms with E-state index in [1.807, 2.05) is 50.4 Å². The van der Waals surface area contributed by atoms with Crippen molar-refractivity contribution in [1.29, 1.82) is 0 Å². The van der Waals surface area contributed by atoms with Crippen LogP contribution >= 0.6 is 22.7 Å². The van der Waals surface area contributed by atoms with Crippen LogP contribution in [0.3, 0.4) is 0 Å². The molecule has 0 saturated carbocycles. The summed E-state index contributed by atoms with van der Waals surface area (Å²) in [5, 5.41) is 6.08. The average molecular weight is 585 g/mol. The van der Waals surface area contributed by atoms with Crippen LogP contribution in [-0.4, -0.2) is 65.2 Å². The number of amides is 2. The standard InChI is InChI=1S/C29H36N4O5S2/c1-28(2,3)37-26(35)31-21-10-9-19(23-8-7-15-39-23)16-20(21)17-22(34)25-30-18-24(40-25)32-11-13-33(14-12-32)27(36)38-29(4,5)6/h7-10,15-16,18H,11-14,17H2,1-6H3,(H,31,35). The van der Waals surface area contributed by atoms with E-state index in [1.54, 1.807) is 49.3 Å². The summed E-state index contributed by atoms with van der Waals surface area (Å²) in [7, 11) is 0. The van der Waals surface area contributed by atoms with Crippen LogP contribution in [0.2, 0.25) is 0 Å². The van der Waals surface area contributed by atoms with E-state index in [4.69, 9.17) is 9.47 Å². The van der Waals surface area contributed by atoms with Gasteiger partial charge >= 0.3 is 12.2 Å². The fraction of sp³-hybridized carbons (Fsp3) is 0.448. The Morgan fingerprint density at radius 3 is 2.30 bits per heavy atom. The smallest absolute Gasteiger partial charge is 0.412 e. The second-order valence-corrected chi connectivity index (χ2v) is 13.5. The van der Waals surface area contributed by atoms with Gasteiger partial charge in [-0.2, -0.15) is 0 Å². The number of Topliss-reactive ketones (excluding diaryl/α,β-unsaturated/α-hetero) is 1. The number of ether oxygens (including phenoxy) is 2. The molecule has 11 heteroatoms. The fourth-order valence-corrected chi connectivity index (χ4v) is 5.73. The number of hydrogen-bond acceptors (Lipinski definition) is 9. The lowest BCUT2D eigenvalue weighted by Crippen LogP contribution is -2.49. The monoisotopic (exact) mass is 584 g/mol. The van der Waals surface area contributed by atoms with Crippen molar-refractivity contribution in [3.63, 3.8) is 0 Å². The Bertz CT molecular complexity index is 1350. The minimum atomic E-state index is -0.646. The largest absolute Gasteiger partial charge is 0.444 e. The molecule has 2 amide bonds. The minimum Gasteiger partial charge on any atom is -0.444 e. The van der Waals surface area contributed by atoms with Crippen molar-refractivity contribution in [3.8, 4) is 10.4 Å². The number of thiophene rings is 1. The SMILES string of the molecule is CC(C)(C)OC(=O)Nc1ccc(-c2cccs2)cc1CC(=O)c1ncc(N2CCN(C(=O)OC(C)(C)C)CC2)s1. The van der Waals surface area contributed by atoms with Crippen LogP contribution < -0.4 is 10.2 Å². The highest BCUT2D eigenvalue weighted by Gasteiger charge is 2.27. The topological polar surface area (TPSA) is 101 Å². The highest BCUT2D eigenvalue weighted by molar-refractivity contribution is 7.17. The van der Waals surface area contributed by atoms with Crippen LogP contribution in [-0.2, 0) is 15.9 Å². The van der Waals surface area contributed by atoms with Crippen molar-refractivity contribution in [1.82, 2.24) is 9.88 Å². The molecule has 1 saturated heterocycles. The summed E-state index contributed by atoms with van der Waals surface area (Å²) in [6.45, 7) is 13.3. The van der Waals surface area contributed by atoms with Gasteiger partial charge < -0.3 is 19.3 Å². The summed E-state index contributed by atoms with van der Waals surface area (Å²) in [6.07, 6.45) is 0.896. The zero-order chi connectivity index (χ0) is 29.1. The Morgan fingerprint density at radius 2 is 1.68 bits per heavy atom. The summed E-state index contributed by atoms with van der Waals surface area (Å²) in [4.78, 5) is 47.6. The molecule has 0 radical (unpaired) electrons. The Kier molecular flexibility index (Phi) is 8.84. The van der Waals surface area contributed by atoms with Crippen LogP contribution in [0.1, 0.15) is 56.9 Å². The summed E-state index contributed by atoms with van der Waals surface area (Å²) < 4.78 is 10.9. The van der Waals surface area contributed by atoms with Crippen LogP contribution in [0, 0.1) is 0 Å². The van der Waals surface area contributed by atoms with E-state index in [1.165, 1.54) is 11.3 Å². The molecular formula is C29H36N4O5S2. The molecule has 0 atom stereocenters. The van der Waals surface area contributed by atoms with Crippen LogP contribution in [0.4, 0.5) is 20.3 Å². The summed E-state index contributed by atoms with van der Waals surface area (Å²) in [5.74, 6) is -0.140. The molecule has 0 bridgehead atoms. The van der Waals surface area contributed by atoms with Gasteiger partial charge in [-0.05, 0) is 76.2 Å². The first-order valence-electron chi connectivity index (χ1n) is 13.2. The first kappa shape index (κ1) is 29.5. The number of rotatable bonds is 6. The number of aromatic nitrogens is 1. The lowest BCUT2D eigenvalue weighted by atomic mass is 10.0. The predicted molar refractivity (Wildman–Crippen MR) is 160 cm³/mol. The van der Waals surface area contributed by atoms with Gasteiger partial charge in [0.25, 0.3) is 0 Å². The molecule has 1 aliphatic rings. The Labute approximate surface area is 243 Å². The second kappa shape index (κ2) is 12.0. The number of benzene rings is 1. The molecule has 1 aliphatic heterocycles. The maximum absolute atomic E-state index is 13.4. The fourth-order valence-electron chi connectivity index (χ4n) is 4.10. The van der Waals surface area contributed by atoms with Crippen molar-refractivity contribution in [2.75, 3.05) is 36.4 Å². The Morgan fingerprint density at radius 1 is 0.975 bits per heavy atom. The number of anilines is 2. The Hall–Kier alpha value is -3.44. The van der Waals surface area contributed by atoms with Gasteiger partial charge in [0.15, 0.2) is 10.8 Å². The average Bonchev–Trinajstić information content (AvgIpc) is 3.56. The molecule has 40 heavy (non-hydrogen) atoms. The van der Waals surface area contributed by atoms with E-state index in [2.05, 4.69) is 15.2 Å². The molecule has 9 nitrogen and oxygen atoms in total. The number of nitrogens with one attached hydrogen (secondary N) is 1. The molecule has 3 heterocycles. The molecule has 0 aliphatic carbocycles. The number of carbonyl (C=O) groups excluding carboxylic acids is 3. The summed E-state index contributed by atoms with van der Waals surface area (Å²) in [5.41, 5.74) is 0.997. The first-order valence-corrected chi connectivity index (χ1v) is 14.9. The van der Waals surface area contributed by atoms with Crippen molar-refractivity contribution < 1.29 is 23.9 Å². The lowest BCUT2D eigenvalue weighted by molar-refractivity contribution is 0.0240. The zero-order valence-corrected chi connectivity index (χ0v) is 25.4. The maximum atomic E-state index is 13.4. The van der Waals surface area contributed by atoms with Gasteiger partial charge in [0.2, 0.25) is 0 Å². The third-order valence-electron chi connectivity index (χ3n) is 5.87. The zero-order valence-electron chi connectivity index (χ0n) is 23.8.